The van der Waals surface area contributed by atoms with E-state index in [1.807, 2.05) is 42.5 Å². The quantitative estimate of drug-likeness (QED) is 0.603. The minimum absolute atomic E-state index is 0.0479. The number of fused-ring (bicyclic) bond motifs is 3. The van der Waals surface area contributed by atoms with Gasteiger partial charge in [0.25, 0.3) is 5.91 Å². The van der Waals surface area contributed by atoms with Crippen LogP contribution in [-0.4, -0.2) is 22.9 Å². The monoisotopic (exact) mass is 436 g/mol. The number of carboxylic acid groups (broad SMARTS) is 1. The van der Waals surface area contributed by atoms with Gasteiger partial charge in [-0.15, -0.1) is 11.3 Å². The largest absolute Gasteiger partial charge is 0.481 e. The standard InChI is InChI=1S/C24H24N2O4S/c27-21(25-12-13-5-2-1-3-6-13)20-16-7-4-8-17(16)31-23(20)26-22(28)18-14-9-10-15(11-14)19(18)24(29)30/h1-3,5-6,9-10,14-15,18-19H,4,7-8,11-12H2,(H,25,27)(H,26,28)(H,29,30)/t14-,15+,18-,19+/m1/s1. The first-order chi connectivity index (χ1) is 15.0. The molecule has 3 N–H and O–H groups in total. The SMILES string of the molecule is O=C(NCc1ccccc1)c1c(NC(=O)[C@H]2[C@@H](C(=O)O)[C@H]3C=C[C@@H]2C3)sc2c1CCC2. The third kappa shape index (κ3) is 3.57. The maximum atomic E-state index is 13.2. The summed E-state index contributed by atoms with van der Waals surface area (Å²) in [5, 5.41) is 16.1. The second kappa shape index (κ2) is 7.96. The molecule has 0 spiro atoms. The summed E-state index contributed by atoms with van der Waals surface area (Å²) in [5.41, 5.74) is 2.58. The number of amides is 2. The fourth-order valence-corrected chi connectivity index (χ4v) is 6.60. The molecular weight excluding hydrogens is 412 g/mol. The van der Waals surface area contributed by atoms with E-state index in [0.717, 1.165) is 35.3 Å². The lowest BCUT2D eigenvalue weighted by Gasteiger charge is -2.23. The topological polar surface area (TPSA) is 95.5 Å². The first-order valence-electron chi connectivity index (χ1n) is 10.7. The van der Waals surface area contributed by atoms with Gasteiger partial charge in [-0.25, -0.2) is 0 Å². The van der Waals surface area contributed by atoms with E-state index in [0.29, 0.717) is 23.5 Å². The van der Waals surface area contributed by atoms with Gasteiger partial charge in [0.05, 0.1) is 17.4 Å². The fourth-order valence-electron chi connectivity index (χ4n) is 5.31. The zero-order chi connectivity index (χ0) is 21.5. The Hall–Kier alpha value is -2.93. The summed E-state index contributed by atoms with van der Waals surface area (Å²) >= 11 is 1.46. The number of benzene rings is 1. The Labute approximate surface area is 184 Å². The average molecular weight is 437 g/mol. The molecule has 0 saturated heterocycles. The van der Waals surface area contributed by atoms with Crippen LogP contribution in [-0.2, 0) is 29.0 Å². The summed E-state index contributed by atoms with van der Waals surface area (Å²) in [5.74, 6) is -2.83. The molecule has 0 unspecified atom stereocenters. The zero-order valence-corrected chi connectivity index (χ0v) is 17.8. The van der Waals surface area contributed by atoms with E-state index in [9.17, 15) is 19.5 Å². The summed E-state index contributed by atoms with van der Waals surface area (Å²) in [6.07, 6.45) is 7.34. The van der Waals surface area contributed by atoms with E-state index in [2.05, 4.69) is 10.6 Å². The molecule has 1 fully saturated rings. The van der Waals surface area contributed by atoms with Gasteiger partial charge >= 0.3 is 5.97 Å². The van der Waals surface area contributed by atoms with Crippen LogP contribution in [0.15, 0.2) is 42.5 Å². The number of carboxylic acids is 1. The summed E-state index contributed by atoms with van der Waals surface area (Å²) in [4.78, 5) is 39.2. The Morgan fingerprint density at radius 2 is 1.77 bits per heavy atom. The minimum Gasteiger partial charge on any atom is -0.481 e. The highest BCUT2D eigenvalue weighted by atomic mass is 32.1. The zero-order valence-electron chi connectivity index (χ0n) is 17.0. The Bertz CT molecular complexity index is 1070. The first-order valence-corrected chi connectivity index (χ1v) is 11.5. The molecule has 1 heterocycles. The van der Waals surface area contributed by atoms with Crippen LogP contribution < -0.4 is 10.6 Å². The second-order valence-corrected chi connectivity index (χ2v) is 9.66. The molecule has 1 aromatic carbocycles. The van der Waals surface area contributed by atoms with E-state index in [-0.39, 0.29) is 23.7 Å². The number of allylic oxidation sites excluding steroid dienone is 2. The van der Waals surface area contributed by atoms with Gasteiger partial charge in [-0.1, -0.05) is 42.5 Å². The molecular formula is C24H24N2O4S. The lowest BCUT2D eigenvalue weighted by molar-refractivity contribution is -0.146. The molecule has 7 heteroatoms. The number of hydrogen-bond donors (Lipinski definition) is 3. The summed E-state index contributed by atoms with van der Waals surface area (Å²) in [6.45, 7) is 0.413. The van der Waals surface area contributed by atoms with Crippen molar-refractivity contribution >= 4 is 34.1 Å². The molecule has 3 aliphatic rings. The van der Waals surface area contributed by atoms with Gasteiger partial charge in [0, 0.05) is 11.4 Å². The fraction of sp³-hybridized carbons (Fsp3) is 0.375. The molecule has 2 aromatic rings. The van der Waals surface area contributed by atoms with Crippen molar-refractivity contribution in [3.8, 4) is 0 Å². The maximum Gasteiger partial charge on any atom is 0.307 e. The molecule has 0 aliphatic heterocycles. The molecule has 31 heavy (non-hydrogen) atoms. The van der Waals surface area contributed by atoms with Crippen molar-refractivity contribution in [3.05, 3.63) is 64.1 Å². The van der Waals surface area contributed by atoms with Crippen LogP contribution in [0.4, 0.5) is 5.00 Å². The highest BCUT2D eigenvalue weighted by Crippen LogP contribution is 2.49. The van der Waals surface area contributed by atoms with Crippen molar-refractivity contribution in [2.75, 3.05) is 5.32 Å². The summed E-state index contributed by atoms with van der Waals surface area (Å²) in [6, 6.07) is 9.70. The van der Waals surface area contributed by atoms with Crippen LogP contribution in [0.5, 0.6) is 0 Å². The lowest BCUT2D eigenvalue weighted by Crippen LogP contribution is -2.36. The molecule has 4 atom stereocenters. The summed E-state index contributed by atoms with van der Waals surface area (Å²) < 4.78 is 0. The molecule has 1 aromatic heterocycles. The highest BCUT2D eigenvalue weighted by Gasteiger charge is 2.51. The number of anilines is 1. The number of nitrogens with one attached hydrogen (secondary N) is 2. The second-order valence-electron chi connectivity index (χ2n) is 8.56. The third-order valence-electron chi connectivity index (χ3n) is 6.73. The Morgan fingerprint density at radius 3 is 2.52 bits per heavy atom. The van der Waals surface area contributed by atoms with Gasteiger partial charge in [-0.2, -0.15) is 0 Å². The van der Waals surface area contributed by atoms with Crippen molar-refractivity contribution in [2.45, 2.75) is 32.2 Å². The molecule has 3 aliphatic carbocycles. The average Bonchev–Trinajstić information content (AvgIpc) is 3.52. The van der Waals surface area contributed by atoms with Crippen LogP contribution in [0.2, 0.25) is 0 Å². The van der Waals surface area contributed by atoms with Crippen LogP contribution in [0, 0.1) is 23.7 Å². The number of carbonyl (C=O) groups is 3. The van der Waals surface area contributed by atoms with E-state index in [1.54, 1.807) is 0 Å². The van der Waals surface area contributed by atoms with Crippen molar-refractivity contribution in [1.82, 2.24) is 5.32 Å². The number of thiophene rings is 1. The third-order valence-corrected chi connectivity index (χ3v) is 7.94. The van der Waals surface area contributed by atoms with Gasteiger partial charge < -0.3 is 15.7 Å². The predicted molar refractivity (Wildman–Crippen MR) is 118 cm³/mol. The first kappa shape index (κ1) is 20.0. The Morgan fingerprint density at radius 1 is 1.03 bits per heavy atom. The van der Waals surface area contributed by atoms with Gasteiger partial charge in [0.1, 0.15) is 5.00 Å². The molecule has 160 valence electrons. The van der Waals surface area contributed by atoms with Gasteiger partial charge in [-0.3, -0.25) is 14.4 Å². The minimum atomic E-state index is -0.925. The van der Waals surface area contributed by atoms with Crippen LogP contribution in [0.25, 0.3) is 0 Å². The van der Waals surface area contributed by atoms with E-state index < -0.39 is 17.8 Å². The van der Waals surface area contributed by atoms with Crippen molar-refractivity contribution < 1.29 is 19.5 Å². The van der Waals surface area contributed by atoms with Crippen LogP contribution in [0.1, 0.15) is 39.2 Å². The molecule has 1 saturated carbocycles. The van der Waals surface area contributed by atoms with Gasteiger partial charge in [0.2, 0.25) is 5.91 Å². The number of aryl methyl sites for hydroxylation is 1. The molecule has 6 nitrogen and oxygen atoms in total. The Kier molecular flexibility index (Phi) is 5.14. The predicted octanol–water partition coefficient (Wildman–Crippen LogP) is 3.63. The highest BCUT2D eigenvalue weighted by molar-refractivity contribution is 7.17. The normalized spacial score (nSPS) is 25.4. The molecule has 0 radical (unpaired) electrons. The molecule has 2 amide bonds. The van der Waals surface area contributed by atoms with Crippen molar-refractivity contribution in [3.63, 3.8) is 0 Å². The van der Waals surface area contributed by atoms with E-state index in [4.69, 9.17) is 0 Å². The molecule has 5 rings (SSSR count). The lowest BCUT2D eigenvalue weighted by atomic mass is 9.82. The Balaban J connectivity index is 1.37. The smallest absolute Gasteiger partial charge is 0.307 e. The van der Waals surface area contributed by atoms with Crippen molar-refractivity contribution in [2.24, 2.45) is 23.7 Å². The maximum absolute atomic E-state index is 13.2. The van der Waals surface area contributed by atoms with E-state index in [1.165, 1.54) is 11.3 Å². The number of hydrogen-bond acceptors (Lipinski definition) is 4. The van der Waals surface area contributed by atoms with Crippen molar-refractivity contribution in [1.29, 1.82) is 0 Å². The van der Waals surface area contributed by atoms with Crippen LogP contribution in [0.3, 0.4) is 0 Å². The number of carbonyl (C=O) groups excluding carboxylic acids is 2. The van der Waals surface area contributed by atoms with Gasteiger partial charge in [0.15, 0.2) is 0 Å². The summed E-state index contributed by atoms with van der Waals surface area (Å²) in [7, 11) is 0. The number of aliphatic carboxylic acids is 1. The number of rotatable bonds is 6. The van der Waals surface area contributed by atoms with E-state index >= 15 is 0 Å². The molecule has 2 bridgehead atoms. The van der Waals surface area contributed by atoms with Crippen LogP contribution >= 0.6 is 11.3 Å². The van der Waals surface area contributed by atoms with Gasteiger partial charge in [-0.05, 0) is 48.6 Å².